The van der Waals surface area contributed by atoms with E-state index in [4.69, 9.17) is 18.9 Å². The molecule has 0 atom stereocenters. The summed E-state index contributed by atoms with van der Waals surface area (Å²) in [6.07, 6.45) is 1.38. The fourth-order valence-corrected chi connectivity index (χ4v) is 4.66. The Labute approximate surface area is 218 Å². The first-order chi connectivity index (χ1) is 17.7. The molecular weight excluding hydrogens is 500 g/mol. The third-order valence-electron chi connectivity index (χ3n) is 5.86. The van der Waals surface area contributed by atoms with Gasteiger partial charge in [0.15, 0.2) is 0 Å². The van der Waals surface area contributed by atoms with Crippen LogP contribution in [0.1, 0.15) is 5.56 Å². The van der Waals surface area contributed by atoms with Crippen LogP contribution in [0.25, 0.3) is 6.08 Å². The lowest BCUT2D eigenvalue weighted by Gasteiger charge is -2.31. The van der Waals surface area contributed by atoms with Crippen molar-refractivity contribution in [1.82, 2.24) is 9.80 Å². The van der Waals surface area contributed by atoms with Crippen LogP contribution in [-0.2, 0) is 14.8 Å². The van der Waals surface area contributed by atoms with Gasteiger partial charge in [-0.2, -0.15) is 0 Å². The molecule has 0 aliphatic carbocycles. The third kappa shape index (κ3) is 7.75. The van der Waals surface area contributed by atoms with Gasteiger partial charge in [0.05, 0.1) is 57.3 Å². The van der Waals surface area contributed by atoms with Crippen molar-refractivity contribution in [3.8, 4) is 23.0 Å². The van der Waals surface area contributed by atoms with Crippen molar-refractivity contribution >= 4 is 33.4 Å². The summed E-state index contributed by atoms with van der Waals surface area (Å²) in [7, 11) is 4.04. The van der Waals surface area contributed by atoms with E-state index >= 15 is 0 Å². The van der Waals surface area contributed by atoms with Crippen molar-refractivity contribution in [2.24, 2.45) is 0 Å². The Balaban J connectivity index is 1.75. The molecule has 1 aliphatic rings. The number of ether oxygens (including phenoxy) is 4. The zero-order valence-corrected chi connectivity index (χ0v) is 22.6. The third-order valence-corrected chi connectivity index (χ3v) is 6.88. The van der Waals surface area contributed by atoms with E-state index in [1.54, 1.807) is 24.3 Å². The Hall–Kier alpha value is -3.48. The van der Waals surface area contributed by atoms with Gasteiger partial charge in [0.25, 0.3) is 10.0 Å². The first-order valence-corrected chi connectivity index (χ1v) is 13.1. The van der Waals surface area contributed by atoms with Gasteiger partial charge in [0.1, 0.15) is 23.0 Å². The Morgan fingerprint density at radius 3 is 2.11 bits per heavy atom. The highest BCUT2D eigenvalue weighted by Crippen LogP contribution is 2.35. The average molecular weight is 535 g/mol. The molecule has 3 rings (SSSR count). The minimum absolute atomic E-state index is 0.207. The number of rotatable bonds is 11. The zero-order valence-electron chi connectivity index (χ0n) is 21.7. The van der Waals surface area contributed by atoms with E-state index in [1.807, 2.05) is 7.05 Å². The van der Waals surface area contributed by atoms with Gasteiger partial charge in [-0.3, -0.25) is 14.4 Å². The van der Waals surface area contributed by atoms with Crippen LogP contribution in [-0.4, -0.2) is 92.3 Å². The van der Waals surface area contributed by atoms with Crippen molar-refractivity contribution in [3.05, 3.63) is 41.3 Å². The van der Waals surface area contributed by atoms with Crippen LogP contribution in [0.4, 0.5) is 11.4 Å². The molecule has 2 aromatic carbocycles. The van der Waals surface area contributed by atoms with Gasteiger partial charge < -0.3 is 29.2 Å². The molecule has 1 heterocycles. The monoisotopic (exact) mass is 534 g/mol. The number of nitrogens with zero attached hydrogens (tertiary/aromatic N) is 2. The lowest BCUT2D eigenvalue weighted by molar-refractivity contribution is -0.117. The molecule has 0 saturated carbocycles. The van der Waals surface area contributed by atoms with E-state index in [2.05, 4.69) is 19.8 Å². The summed E-state index contributed by atoms with van der Waals surface area (Å²) >= 11 is 0. The number of anilines is 2. The fourth-order valence-electron chi connectivity index (χ4n) is 3.82. The van der Waals surface area contributed by atoms with Gasteiger partial charge in [-0.05, 0) is 31.3 Å². The number of hydrogen-bond acceptors (Lipinski definition) is 9. The molecule has 37 heavy (non-hydrogen) atoms. The van der Waals surface area contributed by atoms with E-state index in [1.165, 1.54) is 40.6 Å². The summed E-state index contributed by atoms with van der Waals surface area (Å²) in [4.78, 5) is 16.9. The lowest BCUT2D eigenvalue weighted by Crippen LogP contribution is -2.47. The van der Waals surface area contributed by atoms with Gasteiger partial charge in [-0.15, -0.1) is 0 Å². The van der Waals surface area contributed by atoms with E-state index < -0.39 is 10.0 Å². The quantitative estimate of drug-likeness (QED) is 0.448. The molecule has 0 aromatic heterocycles. The summed E-state index contributed by atoms with van der Waals surface area (Å²) in [6.45, 7) is 3.64. The number of sulfonamides is 1. The van der Waals surface area contributed by atoms with Gasteiger partial charge in [-0.1, -0.05) is 0 Å². The second kappa shape index (κ2) is 12.7. The van der Waals surface area contributed by atoms with Crippen molar-refractivity contribution in [2.45, 2.75) is 0 Å². The zero-order chi connectivity index (χ0) is 27.0. The van der Waals surface area contributed by atoms with Crippen LogP contribution in [0.3, 0.4) is 0 Å². The highest BCUT2D eigenvalue weighted by atomic mass is 32.2. The molecular formula is C25H34N4O7S. The largest absolute Gasteiger partial charge is 0.496 e. The molecule has 0 bridgehead atoms. The molecule has 1 amide bonds. The fraction of sp³-hybridized carbons (Fsp3) is 0.400. The van der Waals surface area contributed by atoms with Crippen LogP contribution < -0.4 is 29.0 Å². The summed E-state index contributed by atoms with van der Waals surface area (Å²) in [5.41, 5.74) is 1.06. The van der Waals surface area contributed by atoms with Crippen LogP contribution in [0.15, 0.2) is 35.7 Å². The Morgan fingerprint density at radius 2 is 1.54 bits per heavy atom. The van der Waals surface area contributed by atoms with Crippen LogP contribution in [0.2, 0.25) is 0 Å². The minimum atomic E-state index is -3.93. The topological polar surface area (TPSA) is 119 Å². The molecule has 11 nitrogen and oxygen atoms in total. The normalized spacial score (nSPS) is 14.8. The van der Waals surface area contributed by atoms with Gasteiger partial charge in [0, 0.05) is 38.3 Å². The second-order valence-corrected chi connectivity index (χ2v) is 10.0. The number of carbonyl (C=O) groups excluding carboxylic acids is 1. The molecule has 0 radical (unpaired) electrons. The van der Waals surface area contributed by atoms with Crippen molar-refractivity contribution in [2.75, 3.05) is 78.2 Å². The smallest absolute Gasteiger partial charge is 0.255 e. The van der Waals surface area contributed by atoms with Gasteiger partial charge in [0.2, 0.25) is 5.91 Å². The average Bonchev–Trinajstić information content (AvgIpc) is 2.88. The first-order valence-electron chi connectivity index (χ1n) is 11.6. The van der Waals surface area contributed by atoms with E-state index in [9.17, 15) is 13.2 Å². The standard InChI is InChI=1S/C25H34N4O7S/c1-28-9-11-29(12-10-28)17-25(30)26-21-14-18(6-7-22(21)34-3)27-37(31,32)13-8-20-23(35-4)15-19(33-2)16-24(20)36-5/h6-8,13-16,27H,9-12,17H2,1-5H3,(H,26,30). The maximum absolute atomic E-state index is 12.8. The van der Waals surface area contributed by atoms with Gasteiger partial charge >= 0.3 is 0 Å². The highest BCUT2D eigenvalue weighted by molar-refractivity contribution is 7.95. The number of nitrogens with one attached hydrogen (secondary N) is 2. The van der Waals surface area contributed by atoms with E-state index in [0.29, 0.717) is 34.2 Å². The molecule has 202 valence electrons. The van der Waals surface area contributed by atoms with Crippen LogP contribution in [0.5, 0.6) is 23.0 Å². The number of carbonyl (C=O) groups is 1. The molecule has 1 aliphatic heterocycles. The number of hydrogen-bond donors (Lipinski definition) is 2. The number of amides is 1. The highest BCUT2D eigenvalue weighted by Gasteiger charge is 2.18. The van der Waals surface area contributed by atoms with Crippen molar-refractivity contribution < 1.29 is 32.2 Å². The Kier molecular flexibility index (Phi) is 9.61. The molecule has 2 aromatic rings. The number of piperazine rings is 1. The maximum Gasteiger partial charge on any atom is 0.255 e. The summed E-state index contributed by atoms with van der Waals surface area (Å²) in [6, 6.07) is 7.91. The summed E-state index contributed by atoms with van der Waals surface area (Å²) < 4.78 is 49.5. The summed E-state index contributed by atoms with van der Waals surface area (Å²) in [5.74, 6) is 1.49. The molecule has 0 spiro atoms. The number of benzene rings is 2. The maximum atomic E-state index is 12.8. The minimum Gasteiger partial charge on any atom is -0.496 e. The molecule has 2 N–H and O–H groups in total. The SMILES string of the molecule is COc1cc(OC)c(C=CS(=O)(=O)Nc2ccc(OC)c(NC(=O)CN3CCN(C)CC3)c2)c(OC)c1. The Morgan fingerprint density at radius 1 is 0.919 bits per heavy atom. The van der Waals surface area contributed by atoms with Crippen molar-refractivity contribution in [3.63, 3.8) is 0 Å². The predicted molar refractivity (Wildman–Crippen MR) is 143 cm³/mol. The number of likely N-dealkylation sites (N-methyl/N-ethyl adjacent to an activating group) is 1. The van der Waals surface area contributed by atoms with Gasteiger partial charge in [-0.25, -0.2) is 8.42 Å². The molecule has 1 saturated heterocycles. The molecule has 12 heteroatoms. The van der Waals surface area contributed by atoms with E-state index in [-0.39, 0.29) is 18.1 Å². The van der Waals surface area contributed by atoms with Crippen LogP contribution in [0, 0.1) is 0 Å². The van der Waals surface area contributed by atoms with Crippen LogP contribution >= 0.6 is 0 Å². The molecule has 1 fully saturated rings. The summed E-state index contributed by atoms with van der Waals surface area (Å²) in [5, 5.41) is 3.84. The Bertz CT molecular complexity index is 1200. The van der Waals surface area contributed by atoms with E-state index in [0.717, 1.165) is 31.6 Å². The first kappa shape index (κ1) is 28.1. The lowest BCUT2D eigenvalue weighted by atomic mass is 10.1. The van der Waals surface area contributed by atoms with Crippen molar-refractivity contribution in [1.29, 1.82) is 0 Å². The number of methoxy groups -OCH3 is 4. The second-order valence-electron chi connectivity index (χ2n) is 8.44. The molecule has 0 unspecified atom stereocenters. The predicted octanol–water partition coefficient (Wildman–Crippen LogP) is 2.32.